The second-order valence-electron chi connectivity index (χ2n) is 7.27. The van der Waals surface area contributed by atoms with Crippen LogP contribution in [0.15, 0.2) is 41.2 Å². The first-order valence-corrected chi connectivity index (χ1v) is 11.9. The molecular formula is C25H28O9S. The highest BCUT2D eigenvalue weighted by molar-refractivity contribution is 7.24. The first-order chi connectivity index (χ1) is 17.1. The number of rotatable bonds is 14. The van der Waals surface area contributed by atoms with Crippen molar-refractivity contribution in [2.75, 3.05) is 67.1 Å². The molecule has 0 aliphatic carbocycles. The molecule has 3 rings (SSSR count). The van der Waals surface area contributed by atoms with Crippen LogP contribution in [0.4, 0.5) is 0 Å². The molecule has 1 aromatic heterocycles. The number of benzene rings is 2. The molecule has 1 heterocycles. The van der Waals surface area contributed by atoms with Gasteiger partial charge in [-0.15, -0.1) is 11.3 Å². The smallest absolute Gasteiger partial charge is 0.339 e. The van der Waals surface area contributed by atoms with Crippen molar-refractivity contribution in [1.29, 1.82) is 0 Å². The molecule has 0 aliphatic rings. The Morgan fingerprint density at radius 1 is 0.714 bits per heavy atom. The molecule has 0 bridgehead atoms. The highest BCUT2D eigenvalue weighted by atomic mass is 32.1. The van der Waals surface area contributed by atoms with E-state index in [0.29, 0.717) is 36.5 Å². The summed E-state index contributed by atoms with van der Waals surface area (Å²) in [5.41, 5.74) is -0.508. The SMILES string of the molecule is COCCOCCOC(=O)c1ccc2sc3ccccc3c(=O)c2c1C(=O)OCCOCCOC. The van der Waals surface area contributed by atoms with Gasteiger partial charge in [0.2, 0.25) is 0 Å². The molecule has 0 amide bonds. The van der Waals surface area contributed by atoms with E-state index in [4.69, 9.17) is 28.4 Å². The average Bonchev–Trinajstić information content (AvgIpc) is 2.87. The molecule has 0 aliphatic heterocycles. The van der Waals surface area contributed by atoms with Crippen molar-refractivity contribution in [3.8, 4) is 0 Å². The third kappa shape index (κ3) is 7.06. The van der Waals surface area contributed by atoms with Gasteiger partial charge in [-0.25, -0.2) is 9.59 Å². The predicted molar refractivity (Wildman–Crippen MR) is 132 cm³/mol. The number of carbonyl (C=O) groups is 2. The van der Waals surface area contributed by atoms with Gasteiger partial charge < -0.3 is 28.4 Å². The van der Waals surface area contributed by atoms with E-state index >= 15 is 0 Å². The Labute approximate surface area is 206 Å². The topological polar surface area (TPSA) is 107 Å². The van der Waals surface area contributed by atoms with Crippen molar-refractivity contribution in [2.45, 2.75) is 0 Å². The zero-order chi connectivity index (χ0) is 25.0. The van der Waals surface area contributed by atoms with Gasteiger partial charge in [-0.05, 0) is 24.3 Å². The van der Waals surface area contributed by atoms with Gasteiger partial charge in [-0.3, -0.25) is 4.79 Å². The van der Waals surface area contributed by atoms with Gasteiger partial charge >= 0.3 is 11.9 Å². The van der Waals surface area contributed by atoms with Crippen molar-refractivity contribution in [1.82, 2.24) is 0 Å². The Balaban J connectivity index is 1.89. The molecule has 0 unspecified atom stereocenters. The van der Waals surface area contributed by atoms with Gasteiger partial charge in [-0.1, -0.05) is 12.1 Å². The number of hydrogen-bond donors (Lipinski definition) is 0. The molecule has 0 spiro atoms. The molecule has 0 radical (unpaired) electrons. The molecule has 0 N–H and O–H groups in total. The Kier molecular flexibility index (Phi) is 10.6. The molecule has 10 heteroatoms. The first kappa shape index (κ1) is 26.7. The Morgan fingerprint density at radius 2 is 1.31 bits per heavy atom. The van der Waals surface area contributed by atoms with Gasteiger partial charge in [0.25, 0.3) is 0 Å². The second kappa shape index (κ2) is 13.9. The number of esters is 2. The maximum atomic E-state index is 13.4. The lowest BCUT2D eigenvalue weighted by molar-refractivity contribution is 0.0186. The van der Waals surface area contributed by atoms with Crippen LogP contribution in [-0.2, 0) is 28.4 Å². The van der Waals surface area contributed by atoms with Crippen molar-refractivity contribution in [3.63, 3.8) is 0 Å². The van der Waals surface area contributed by atoms with Crippen LogP contribution in [0.25, 0.3) is 20.2 Å². The monoisotopic (exact) mass is 504 g/mol. The molecule has 9 nitrogen and oxygen atoms in total. The summed E-state index contributed by atoms with van der Waals surface area (Å²) in [6.07, 6.45) is 0. The number of ether oxygens (including phenoxy) is 6. The van der Waals surface area contributed by atoms with Gasteiger partial charge in [-0.2, -0.15) is 0 Å². The van der Waals surface area contributed by atoms with E-state index in [1.807, 2.05) is 12.1 Å². The summed E-state index contributed by atoms with van der Waals surface area (Å²) in [7, 11) is 3.12. The molecule has 0 fully saturated rings. The molecule has 2 aromatic carbocycles. The third-order valence-electron chi connectivity index (χ3n) is 4.96. The fourth-order valence-corrected chi connectivity index (χ4v) is 4.38. The highest BCUT2D eigenvalue weighted by Gasteiger charge is 2.25. The molecule has 0 saturated heterocycles. The van der Waals surface area contributed by atoms with Crippen LogP contribution in [0.1, 0.15) is 20.7 Å². The zero-order valence-corrected chi connectivity index (χ0v) is 20.5. The van der Waals surface area contributed by atoms with Crippen molar-refractivity contribution in [2.24, 2.45) is 0 Å². The summed E-state index contributed by atoms with van der Waals surface area (Å²) in [5.74, 6) is -1.54. The summed E-state index contributed by atoms with van der Waals surface area (Å²) in [6.45, 7) is 1.79. The third-order valence-corrected chi connectivity index (χ3v) is 6.09. The van der Waals surface area contributed by atoms with E-state index in [1.54, 1.807) is 32.4 Å². The van der Waals surface area contributed by atoms with Gasteiger partial charge in [0.15, 0.2) is 5.43 Å². The standard InChI is InChI=1S/C25H28O9S/c1-29-9-11-31-13-15-33-24(27)18-7-8-20-22(23(26)17-5-3-4-6-19(17)35-20)21(18)25(28)34-16-14-32-12-10-30-2/h3-8H,9-16H2,1-2H3. The lowest BCUT2D eigenvalue weighted by Gasteiger charge is -2.13. The number of carbonyl (C=O) groups excluding carboxylic acids is 2. The molecule has 188 valence electrons. The molecule has 35 heavy (non-hydrogen) atoms. The molecule has 0 saturated carbocycles. The van der Waals surface area contributed by atoms with Crippen molar-refractivity contribution >= 4 is 43.4 Å². The number of hydrogen-bond acceptors (Lipinski definition) is 10. The molecule has 3 aromatic rings. The minimum atomic E-state index is -0.797. The van der Waals surface area contributed by atoms with Crippen molar-refractivity contribution < 1.29 is 38.0 Å². The summed E-state index contributed by atoms with van der Waals surface area (Å²) in [4.78, 5) is 39.4. The van der Waals surface area contributed by atoms with Gasteiger partial charge in [0, 0.05) is 29.0 Å². The minimum Gasteiger partial charge on any atom is -0.460 e. The van der Waals surface area contributed by atoms with Gasteiger partial charge in [0.05, 0.1) is 56.2 Å². The van der Waals surface area contributed by atoms with Crippen LogP contribution in [0.3, 0.4) is 0 Å². The van der Waals surface area contributed by atoms with E-state index in [1.165, 1.54) is 17.4 Å². The van der Waals surface area contributed by atoms with E-state index in [-0.39, 0.29) is 48.4 Å². The average molecular weight is 505 g/mol. The maximum absolute atomic E-state index is 13.4. The predicted octanol–water partition coefficient (Wildman–Crippen LogP) is 3.05. The van der Waals surface area contributed by atoms with E-state index < -0.39 is 11.9 Å². The second-order valence-corrected chi connectivity index (χ2v) is 8.35. The lowest BCUT2D eigenvalue weighted by Crippen LogP contribution is -2.20. The van der Waals surface area contributed by atoms with Crippen LogP contribution >= 0.6 is 11.3 Å². The van der Waals surface area contributed by atoms with E-state index in [2.05, 4.69) is 0 Å². The fraction of sp³-hybridized carbons (Fsp3) is 0.400. The summed E-state index contributed by atoms with van der Waals surface area (Å²) in [6, 6.07) is 10.2. The van der Waals surface area contributed by atoms with Gasteiger partial charge in [0.1, 0.15) is 13.2 Å². The first-order valence-electron chi connectivity index (χ1n) is 11.0. The fourth-order valence-electron chi connectivity index (χ4n) is 3.30. The van der Waals surface area contributed by atoms with Crippen LogP contribution in [-0.4, -0.2) is 79.0 Å². The Morgan fingerprint density at radius 3 is 1.97 bits per heavy atom. The quantitative estimate of drug-likeness (QED) is 0.186. The minimum absolute atomic E-state index is 0.0208. The Bertz CT molecular complexity index is 1200. The summed E-state index contributed by atoms with van der Waals surface area (Å²) < 4.78 is 32.4. The maximum Gasteiger partial charge on any atom is 0.339 e. The van der Waals surface area contributed by atoms with Crippen molar-refractivity contribution in [3.05, 3.63) is 57.7 Å². The van der Waals surface area contributed by atoms with Crippen LogP contribution in [0.5, 0.6) is 0 Å². The van der Waals surface area contributed by atoms with E-state index in [9.17, 15) is 14.4 Å². The summed E-state index contributed by atoms with van der Waals surface area (Å²) in [5, 5.41) is 0.587. The molecular weight excluding hydrogens is 476 g/mol. The highest BCUT2D eigenvalue weighted by Crippen LogP contribution is 2.29. The number of methoxy groups -OCH3 is 2. The van der Waals surface area contributed by atoms with Crippen LogP contribution < -0.4 is 5.43 Å². The summed E-state index contributed by atoms with van der Waals surface area (Å²) >= 11 is 1.35. The van der Waals surface area contributed by atoms with Crippen LogP contribution in [0, 0.1) is 0 Å². The number of fused-ring (bicyclic) bond motifs is 2. The molecule has 0 atom stereocenters. The normalized spacial score (nSPS) is 11.1. The lowest BCUT2D eigenvalue weighted by atomic mass is 10.0. The zero-order valence-electron chi connectivity index (χ0n) is 19.7. The van der Waals surface area contributed by atoms with E-state index in [0.717, 1.165) is 4.70 Å². The Hall–Kier alpha value is -2.89. The largest absolute Gasteiger partial charge is 0.460 e. The van der Waals surface area contributed by atoms with Crippen LogP contribution in [0.2, 0.25) is 0 Å².